The standard InChI is InChI=1S/C20H19N3O3S/c1-11-10-14(18(21)24)13-6-3-4-7-15(13)23(11)20(25)17-12(2)26-19(22-17)16-8-5-9-27-16/h3-9,11,14H,10H2,1-2H3,(H2,21,24)/t11-,14+/m0/s1. The van der Waals surface area contributed by atoms with Gasteiger partial charge in [-0.2, -0.15) is 0 Å². The summed E-state index contributed by atoms with van der Waals surface area (Å²) in [5.74, 6) is -0.0924. The number of rotatable bonds is 3. The molecule has 1 aliphatic rings. The predicted octanol–water partition coefficient (Wildman–Crippen LogP) is 3.72. The molecule has 3 aromatic rings. The van der Waals surface area contributed by atoms with E-state index in [1.807, 2.05) is 48.7 Å². The molecule has 0 radical (unpaired) electrons. The highest BCUT2D eigenvalue weighted by molar-refractivity contribution is 7.13. The van der Waals surface area contributed by atoms with Crippen LogP contribution in [0.5, 0.6) is 0 Å². The zero-order valence-corrected chi connectivity index (χ0v) is 15.8. The third kappa shape index (κ3) is 2.94. The molecule has 3 heterocycles. The lowest BCUT2D eigenvalue weighted by atomic mass is 9.85. The van der Waals surface area contributed by atoms with Crippen molar-refractivity contribution in [2.45, 2.75) is 32.2 Å². The molecule has 6 nitrogen and oxygen atoms in total. The first kappa shape index (κ1) is 17.5. The molecule has 0 saturated carbocycles. The lowest BCUT2D eigenvalue weighted by Crippen LogP contribution is -2.45. The van der Waals surface area contributed by atoms with E-state index in [-0.39, 0.29) is 23.6 Å². The number of benzene rings is 1. The number of para-hydroxylation sites is 1. The number of anilines is 1. The lowest BCUT2D eigenvalue weighted by molar-refractivity contribution is -0.119. The number of primary amides is 1. The number of oxazole rings is 1. The Kier molecular flexibility index (Phi) is 4.31. The number of aromatic nitrogens is 1. The number of hydrogen-bond acceptors (Lipinski definition) is 5. The highest BCUT2D eigenvalue weighted by Gasteiger charge is 2.37. The number of aryl methyl sites for hydroxylation is 1. The fourth-order valence-electron chi connectivity index (χ4n) is 3.61. The van der Waals surface area contributed by atoms with Gasteiger partial charge in [-0.25, -0.2) is 4.98 Å². The van der Waals surface area contributed by atoms with E-state index in [9.17, 15) is 9.59 Å². The van der Waals surface area contributed by atoms with Gasteiger partial charge in [0, 0.05) is 11.7 Å². The molecule has 2 atom stereocenters. The fourth-order valence-corrected chi connectivity index (χ4v) is 4.26. The van der Waals surface area contributed by atoms with Crippen LogP contribution in [0.1, 0.15) is 41.1 Å². The van der Waals surface area contributed by atoms with Gasteiger partial charge in [0.15, 0.2) is 5.69 Å². The van der Waals surface area contributed by atoms with E-state index in [0.717, 1.165) is 10.4 Å². The summed E-state index contributed by atoms with van der Waals surface area (Å²) in [6.45, 7) is 3.66. The van der Waals surface area contributed by atoms with Gasteiger partial charge < -0.3 is 15.1 Å². The van der Waals surface area contributed by atoms with Crippen LogP contribution < -0.4 is 10.6 Å². The van der Waals surface area contributed by atoms with E-state index in [1.54, 1.807) is 11.8 Å². The van der Waals surface area contributed by atoms with Crippen molar-refractivity contribution in [1.82, 2.24) is 4.98 Å². The highest BCUT2D eigenvalue weighted by Crippen LogP contribution is 2.39. The smallest absolute Gasteiger partial charge is 0.280 e. The summed E-state index contributed by atoms with van der Waals surface area (Å²) in [4.78, 5) is 32.2. The molecule has 0 spiro atoms. The second kappa shape index (κ2) is 6.66. The van der Waals surface area contributed by atoms with Gasteiger partial charge >= 0.3 is 0 Å². The van der Waals surface area contributed by atoms with E-state index in [1.165, 1.54) is 11.3 Å². The summed E-state index contributed by atoms with van der Waals surface area (Å²) in [5, 5.41) is 1.93. The first-order chi connectivity index (χ1) is 13.0. The van der Waals surface area contributed by atoms with Crippen LogP contribution in [0.15, 0.2) is 46.2 Å². The van der Waals surface area contributed by atoms with Crippen molar-refractivity contribution in [2.75, 3.05) is 4.90 Å². The van der Waals surface area contributed by atoms with E-state index >= 15 is 0 Å². The average Bonchev–Trinajstić information content (AvgIpc) is 3.30. The Morgan fingerprint density at radius 3 is 2.74 bits per heavy atom. The van der Waals surface area contributed by atoms with Crippen LogP contribution in [0.25, 0.3) is 10.8 Å². The van der Waals surface area contributed by atoms with Gasteiger partial charge in [-0.05, 0) is 43.3 Å². The predicted molar refractivity (Wildman–Crippen MR) is 104 cm³/mol. The summed E-state index contributed by atoms with van der Waals surface area (Å²) in [6.07, 6.45) is 0.479. The molecule has 0 saturated heterocycles. The van der Waals surface area contributed by atoms with Gasteiger partial charge in [0.2, 0.25) is 11.8 Å². The third-order valence-corrected chi connectivity index (χ3v) is 5.74. The van der Waals surface area contributed by atoms with Crippen LogP contribution >= 0.6 is 11.3 Å². The topological polar surface area (TPSA) is 89.4 Å². The van der Waals surface area contributed by atoms with Crippen molar-refractivity contribution in [3.05, 3.63) is 58.8 Å². The van der Waals surface area contributed by atoms with Crippen LogP contribution in [-0.2, 0) is 4.79 Å². The Morgan fingerprint density at radius 2 is 2.04 bits per heavy atom. The van der Waals surface area contributed by atoms with Crippen LogP contribution in [0, 0.1) is 6.92 Å². The molecule has 7 heteroatoms. The minimum atomic E-state index is -0.402. The Labute approximate surface area is 160 Å². The van der Waals surface area contributed by atoms with Gasteiger partial charge in [0.1, 0.15) is 5.76 Å². The highest BCUT2D eigenvalue weighted by atomic mass is 32.1. The number of nitrogens with zero attached hydrogens (tertiary/aromatic N) is 2. The van der Waals surface area contributed by atoms with Gasteiger partial charge in [0.25, 0.3) is 5.91 Å². The summed E-state index contributed by atoms with van der Waals surface area (Å²) in [5.41, 5.74) is 7.35. The molecule has 1 aliphatic heterocycles. The lowest BCUT2D eigenvalue weighted by Gasteiger charge is -2.38. The van der Waals surface area contributed by atoms with Crippen LogP contribution in [0.2, 0.25) is 0 Å². The monoisotopic (exact) mass is 381 g/mol. The zero-order valence-electron chi connectivity index (χ0n) is 15.0. The van der Waals surface area contributed by atoms with Gasteiger partial charge in [-0.1, -0.05) is 24.3 Å². The minimum Gasteiger partial charge on any atom is -0.440 e. The third-order valence-electron chi connectivity index (χ3n) is 4.88. The number of thiophene rings is 1. The molecule has 0 bridgehead atoms. The molecule has 27 heavy (non-hydrogen) atoms. The molecule has 2 amide bonds. The Bertz CT molecular complexity index is 1010. The Hall–Kier alpha value is -2.93. The largest absolute Gasteiger partial charge is 0.440 e. The minimum absolute atomic E-state index is 0.189. The molecule has 0 unspecified atom stereocenters. The van der Waals surface area contributed by atoms with E-state index in [2.05, 4.69) is 4.98 Å². The van der Waals surface area contributed by atoms with Crippen LogP contribution in [-0.4, -0.2) is 22.8 Å². The molecular weight excluding hydrogens is 362 g/mol. The maximum Gasteiger partial charge on any atom is 0.280 e. The molecular formula is C20H19N3O3S. The second-order valence-electron chi connectivity index (χ2n) is 6.67. The first-order valence-electron chi connectivity index (χ1n) is 8.70. The maximum absolute atomic E-state index is 13.3. The molecule has 138 valence electrons. The SMILES string of the molecule is Cc1oc(-c2cccs2)nc1C(=O)N1c2ccccc2[C@H](C(N)=O)C[C@@H]1C. The summed E-state index contributed by atoms with van der Waals surface area (Å²) in [7, 11) is 0. The Morgan fingerprint density at radius 1 is 1.26 bits per heavy atom. The Balaban J connectivity index is 1.76. The molecule has 0 aliphatic carbocycles. The van der Waals surface area contributed by atoms with Crippen LogP contribution in [0.3, 0.4) is 0 Å². The maximum atomic E-state index is 13.3. The molecule has 1 aromatic carbocycles. The van der Waals surface area contributed by atoms with E-state index < -0.39 is 5.92 Å². The molecule has 2 N–H and O–H groups in total. The van der Waals surface area contributed by atoms with Crippen molar-refractivity contribution in [1.29, 1.82) is 0 Å². The van der Waals surface area contributed by atoms with Gasteiger partial charge in [-0.3, -0.25) is 9.59 Å². The van der Waals surface area contributed by atoms with Crippen molar-refractivity contribution >= 4 is 28.8 Å². The molecule has 4 rings (SSSR count). The van der Waals surface area contributed by atoms with Crippen molar-refractivity contribution in [2.24, 2.45) is 5.73 Å². The summed E-state index contributed by atoms with van der Waals surface area (Å²) >= 11 is 1.51. The number of nitrogens with two attached hydrogens (primary N) is 1. The zero-order chi connectivity index (χ0) is 19.1. The second-order valence-corrected chi connectivity index (χ2v) is 7.62. The fraction of sp³-hybridized carbons (Fsp3) is 0.250. The first-order valence-corrected chi connectivity index (χ1v) is 9.58. The summed E-state index contributed by atoms with van der Waals surface area (Å²) < 4.78 is 5.73. The molecule has 0 fully saturated rings. The average molecular weight is 381 g/mol. The number of amides is 2. The summed E-state index contributed by atoms with van der Waals surface area (Å²) in [6, 6.07) is 11.0. The quantitative estimate of drug-likeness (QED) is 0.749. The van der Waals surface area contributed by atoms with Crippen molar-refractivity contribution in [3.63, 3.8) is 0 Å². The number of carbonyl (C=O) groups excluding carboxylic acids is 2. The number of hydrogen-bond donors (Lipinski definition) is 1. The van der Waals surface area contributed by atoms with Crippen molar-refractivity contribution < 1.29 is 14.0 Å². The van der Waals surface area contributed by atoms with E-state index in [0.29, 0.717) is 23.8 Å². The van der Waals surface area contributed by atoms with Crippen LogP contribution in [0.4, 0.5) is 5.69 Å². The number of carbonyl (C=O) groups is 2. The van der Waals surface area contributed by atoms with Gasteiger partial charge in [-0.15, -0.1) is 11.3 Å². The van der Waals surface area contributed by atoms with Gasteiger partial charge in [0.05, 0.1) is 10.8 Å². The number of fused-ring (bicyclic) bond motifs is 1. The van der Waals surface area contributed by atoms with Crippen molar-refractivity contribution in [3.8, 4) is 10.8 Å². The normalized spacial score (nSPS) is 19.0. The van der Waals surface area contributed by atoms with E-state index in [4.69, 9.17) is 10.2 Å². The molecule has 2 aromatic heterocycles.